The normalized spacial score (nSPS) is 38.3. The second kappa shape index (κ2) is 7.04. The van der Waals surface area contributed by atoms with Gasteiger partial charge in [-0.25, -0.2) is 0 Å². The van der Waals surface area contributed by atoms with Crippen LogP contribution in [-0.4, -0.2) is 36.6 Å². The van der Waals surface area contributed by atoms with Crippen molar-refractivity contribution in [3.63, 3.8) is 0 Å². The molecular formula is C23H34N2. The molecule has 1 aromatic carbocycles. The van der Waals surface area contributed by atoms with Crippen molar-refractivity contribution in [3.05, 3.63) is 35.9 Å². The number of benzene rings is 1. The molecule has 2 heteroatoms. The monoisotopic (exact) mass is 338 g/mol. The van der Waals surface area contributed by atoms with E-state index in [9.17, 15) is 0 Å². The third kappa shape index (κ3) is 3.53. The molecule has 5 fully saturated rings. The van der Waals surface area contributed by atoms with E-state index in [0.29, 0.717) is 0 Å². The molecule has 1 heterocycles. The summed E-state index contributed by atoms with van der Waals surface area (Å²) in [4.78, 5) is 2.68. The number of hydrogen-bond donors (Lipinski definition) is 1. The van der Waals surface area contributed by atoms with Crippen LogP contribution in [-0.2, 0) is 6.42 Å². The van der Waals surface area contributed by atoms with Gasteiger partial charge in [-0.3, -0.25) is 0 Å². The zero-order chi connectivity index (χ0) is 16.6. The number of nitrogens with one attached hydrogen (secondary N) is 1. The average Bonchev–Trinajstić information content (AvgIpc) is 2.64. The Hall–Kier alpha value is -0.860. The lowest BCUT2D eigenvalue weighted by atomic mass is 9.54. The van der Waals surface area contributed by atoms with Crippen molar-refractivity contribution in [1.29, 1.82) is 0 Å². The summed E-state index contributed by atoms with van der Waals surface area (Å²) in [5.74, 6) is 4.24. The van der Waals surface area contributed by atoms with Crippen LogP contribution in [0.25, 0.3) is 0 Å². The molecule has 4 saturated carbocycles. The fourth-order valence-electron chi connectivity index (χ4n) is 6.72. The Bertz CT molecular complexity index is 533. The maximum atomic E-state index is 4.17. The number of piperidine rings is 1. The maximum Gasteiger partial charge on any atom is 0.0127 e. The Labute approximate surface area is 153 Å². The zero-order valence-electron chi connectivity index (χ0n) is 15.6. The standard InChI is InChI=1S/C23H34N2/c1-2-4-17(5-3-1)6-9-25-10-7-22(8-11-25)24-23-20-13-18-12-19(15-20)16-21(23)14-18/h1-5,18-24H,6-16H2. The van der Waals surface area contributed by atoms with Gasteiger partial charge in [-0.1, -0.05) is 30.3 Å². The highest BCUT2D eigenvalue weighted by atomic mass is 15.1. The zero-order valence-corrected chi connectivity index (χ0v) is 15.6. The fourth-order valence-corrected chi connectivity index (χ4v) is 6.72. The summed E-state index contributed by atoms with van der Waals surface area (Å²) in [6, 6.07) is 12.6. The van der Waals surface area contributed by atoms with Gasteiger partial charge in [-0.15, -0.1) is 0 Å². The number of nitrogens with zero attached hydrogens (tertiary/aromatic N) is 1. The molecule has 2 nitrogen and oxygen atoms in total. The first-order valence-electron chi connectivity index (χ1n) is 10.9. The van der Waals surface area contributed by atoms with E-state index in [4.69, 9.17) is 0 Å². The summed E-state index contributed by atoms with van der Waals surface area (Å²) in [5.41, 5.74) is 1.48. The summed E-state index contributed by atoms with van der Waals surface area (Å²) in [5, 5.41) is 4.17. The van der Waals surface area contributed by atoms with E-state index < -0.39 is 0 Å². The Morgan fingerprint density at radius 2 is 1.48 bits per heavy atom. The van der Waals surface area contributed by atoms with Gasteiger partial charge < -0.3 is 10.2 Å². The SMILES string of the molecule is c1ccc(CCN2CCC(NC3C4CC5CC(C4)CC3C5)CC2)cc1. The Morgan fingerprint density at radius 3 is 2.12 bits per heavy atom. The molecule has 136 valence electrons. The molecule has 0 radical (unpaired) electrons. The highest BCUT2D eigenvalue weighted by molar-refractivity contribution is 5.14. The quantitative estimate of drug-likeness (QED) is 0.869. The molecule has 0 spiro atoms. The van der Waals surface area contributed by atoms with Gasteiger partial charge in [0.05, 0.1) is 0 Å². The minimum Gasteiger partial charge on any atom is -0.311 e. The van der Waals surface area contributed by atoms with E-state index in [2.05, 4.69) is 40.5 Å². The van der Waals surface area contributed by atoms with Gasteiger partial charge in [0, 0.05) is 18.6 Å². The molecule has 1 saturated heterocycles. The maximum absolute atomic E-state index is 4.17. The van der Waals surface area contributed by atoms with Gasteiger partial charge in [0.2, 0.25) is 0 Å². The molecule has 1 aliphatic heterocycles. The first-order chi connectivity index (χ1) is 12.3. The molecule has 6 rings (SSSR count). The molecule has 0 unspecified atom stereocenters. The van der Waals surface area contributed by atoms with Crippen LogP contribution in [0.1, 0.15) is 50.5 Å². The van der Waals surface area contributed by atoms with E-state index in [0.717, 1.165) is 35.8 Å². The van der Waals surface area contributed by atoms with Crippen LogP contribution in [0.15, 0.2) is 30.3 Å². The van der Waals surface area contributed by atoms with E-state index in [1.54, 1.807) is 32.1 Å². The van der Waals surface area contributed by atoms with Crippen LogP contribution in [0.5, 0.6) is 0 Å². The van der Waals surface area contributed by atoms with Gasteiger partial charge in [0.1, 0.15) is 0 Å². The topological polar surface area (TPSA) is 15.3 Å². The van der Waals surface area contributed by atoms with E-state index in [1.807, 2.05) is 0 Å². The summed E-state index contributed by atoms with van der Waals surface area (Å²) in [6.07, 6.45) is 11.7. The summed E-state index contributed by atoms with van der Waals surface area (Å²) in [7, 11) is 0. The Balaban J connectivity index is 1.09. The van der Waals surface area contributed by atoms with Crippen molar-refractivity contribution in [3.8, 4) is 0 Å². The van der Waals surface area contributed by atoms with Crippen LogP contribution in [0.3, 0.4) is 0 Å². The van der Waals surface area contributed by atoms with E-state index in [-0.39, 0.29) is 0 Å². The lowest BCUT2D eigenvalue weighted by Gasteiger charge is -2.55. The van der Waals surface area contributed by atoms with Gasteiger partial charge in [0.25, 0.3) is 0 Å². The molecule has 4 bridgehead atoms. The Kier molecular flexibility index (Phi) is 4.60. The third-order valence-corrected chi connectivity index (χ3v) is 7.80. The molecule has 0 atom stereocenters. The largest absolute Gasteiger partial charge is 0.311 e. The van der Waals surface area contributed by atoms with Gasteiger partial charge in [-0.05, 0) is 93.7 Å². The fraction of sp³-hybridized carbons (Fsp3) is 0.739. The van der Waals surface area contributed by atoms with Gasteiger partial charge in [-0.2, -0.15) is 0 Å². The van der Waals surface area contributed by atoms with Crippen molar-refractivity contribution >= 4 is 0 Å². The minimum atomic E-state index is 0.788. The first kappa shape index (κ1) is 16.3. The molecule has 0 amide bonds. The van der Waals surface area contributed by atoms with Crippen LogP contribution in [0.4, 0.5) is 0 Å². The molecule has 1 aromatic rings. The molecule has 5 aliphatic rings. The summed E-state index contributed by atoms with van der Waals surface area (Å²) in [6.45, 7) is 3.81. The predicted octanol–water partition coefficient (Wildman–Crippen LogP) is 4.11. The second-order valence-corrected chi connectivity index (χ2v) is 9.47. The van der Waals surface area contributed by atoms with Crippen molar-refractivity contribution in [2.45, 2.75) is 63.5 Å². The number of rotatable bonds is 5. The number of likely N-dealkylation sites (tertiary alicyclic amines) is 1. The van der Waals surface area contributed by atoms with Crippen molar-refractivity contribution in [2.75, 3.05) is 19.6 Å². The summed E-state index contributed by atoms with van der Waals surface area (Å²) >= 11 is 0. The Morgan fingerprint density at radius 1 is 0.840 bits per heavy atom. The predicted molar refractivity (Wildman–Crippen MR) is 104 cm³/mol. The lowest BCUT2D eigenvalue weighted by Crippen LogP contribution is -2.58. The van der Waals surface area contributed by atoms with Crippen molar-refractivity contribution in [2.24, 2.45) is 23.7 Å². The molecule has 0 aromatic heterocycles. The van der Waals surface area contributed by atoms with Gasteiger partial charge >= 0.3 is 0 Å². The molecule has 25 heavy (non-hydrogen) atoms. The van der Waals surface area contributed by atoms with Crippen LogP contribution in [0, 0.1) is 23.7 Å². The second-order valence-electron chi connectivity index (χ2n) is 9.47. The van der Waals surface area contributed by atoms with Crippen LogP contribution < -0.4 is 5.32 Å². The van der Waals surface area contributed by atoms with Crippen molar-refractivity contribution < 1.29 is 0 Å². The smallest absolute Gasteiger partial charge is 0.0127 e. The number of hydrogen-bond acceptors (Lipinski definition) is 2. The molecular weight excluding hydrogens is 304 g/mol. The van der Waals surface area contributed by atoms with E-state index in [1.165, 1.54) is 44.5 Å². The minimum absolute atomic E-state index is 0.788. The van der Waals surface area contributed by atoms with Gasteiger partial charge in [0.15, 0.2) is 0 Å². The molecule has 4 aliphatic carbocycles. The van der Waals surface area contributed by atoms with Crippen molar-refractivity contribution in [1.82, 2.24) is 10.2 Å². The first-order valence-corrected chi connectivity index (χ1v) is 10.9. The van der Waals surface area contributed by atoms with Crippen LogP contribution >= 0.6 is 0 Å². The summed E-state index contributed by atoms with van der Waals surface area (Å²) < 4.78 is 0. The third-order valence-electron chi connectivity index (χ3n) is 7.80. The highest BCUT2D eigenvalue weighted by Crippen LogP contribution is 2.53. The van der Waals surface area contributed by atoms with Crippen LogP contribution in [0.2, 0.25) is 0 Å². The average molecular weight is 339 g/mol. The highest BCUT2D eigenvalue weighted by Gasteiger charge is 2.48. The lowest BCUT2D eigenvalue weighted by molar-refractivity contribution is -0.0204. The molecule has 1 N–H and O–H groups in total. The van der Waals surface area contributed by atoms with E-state index >= 15 is 0 Å².